The smallest absolute Gasteiger partial charge is 0.220 e. The molecule has 4 nitrogen and oxygen atoms in total. The van der Waals surface area contributed by atoms with Crippen molar-refractivity contribution in [2.75, 3.05) is 6.61 Å². The van der Waals surface area contributed by atoms with Crippen LogP contribution in [0.2, 0.25) is 0 Å². The fourth-order valence-corrected chi connectivity index (χ4v) is 1.99. The number of carbonyl (C=O) groups excluding carboxylic acids is 1. The monoisotopic (exact) mass is 328 g/mol. The summed E-state index contributed by atoms with van der Waals surface area (Å²) in [6.07, 6.45) is 0.216. The topological polar surface area (TPSA) is 64.3 Å². The van der Waals surface area contributed by atoms with Gasteiger partial charge in [0.2, 0.25) is 5.91 Å². The van der Waals surface area contributed by atoms with Gasteiger partial charge < -0.3 is 15.8 Å². The van der Waals surface area contributed by atoms with Crippen LogP contribution in [0, 0.1) is 0 Å². The van der Waals surface area contributed by atoms with Gasteiger partial charge >= 0.3 is 0 Å². The van der Waals surface area contributed by atoms with Crippen molar-refractivity contribution < 1.29 is 9.53 Å². The third-order valence-electron chi connectivity index (χ3n) is 2.45. The number of ether oxygens (including phenoxy) is 1. The Morgan fingerprint density at radius 1 is 1.42 bits per heavy atom. The lowest BCUT2D eigenvalue weighted by atomic mass is 10.1. The quantitative estimate of drug-likeness (QED) is 0.843. The number of hydrogen-bond acceptors (Lipinski definition) is 3. The number of hydrogen-bond donors (Lipinski definition) is 2. The van der Waals surface area contributed by atoms with Crippen molar-refractivity contribution in [1.82, 2.24) is 5.32 Å². The van der Waals surface area contributed by atoms with E-state index in [1.165, 1.54) is 0 Å². The van der Waals surface area contributed by atoms with Crippen LogP contribution in [0.1, 0.15) is 32.8 Å². The fraction of sp³-hybridized carbons (Fsp3) is 0.500. The minimum atomic E-state index is -0.360. The summed E-state index contributed by atoms with van der Waals surface area (Å²) in [5, 5.41) is 3.41. The van der Waals surface area contributed by atoms with Gasteiger partial charge in [-0.3, -0.25) is 4.79 Å². The third-order valence-corrected chi connectivity index (χ3v) is 3.08. The van der Waals surface area contributed by atoms with Gasteiger partial charge in [0, 0.05) is 17.6 Å². The van der Waals surface area contributed by atoms with E-state index >= 15 is 0 Å². The number of carbonyl (C=O) groups is 1. The highest BCUT2D eigenvalue weighted by Gasteiger charge is 2.13. The second-order valence-corrected chi connectivity index (χ2v) is 6.25. The summed E-state index contributed by atoms with van der Waals surface area (Å²) in [6.45, 7) is 7.32. The zero-order valence-corrected chi connectivity index (χ0v) is 13.2. The van der Waals surface area contributed by atoms with E-state index in [-0.39, 0.29) is 17.9 Å². The van der Waals surface area contributed by atoms with E-state index in [0.29, 0.717) is 13.2 Å². The van der Waals surface area contributed by atoms with E-state index in [2.05, 4.69) is 42.0 Å². The zero-order chi connectivity index (χ0) is 14.5. The largest absolute Gasteiger partial charge is 0.492 e. The molecule has 0 radical (unpaired) electrons. The van der Waals surface area contributed by atoms with Gasteiger partial charge in [0.25, 0.3) is 0 Å². The SMILES string of the molecule is CC(C)(C)NCc1cccc(Br)c1OCCC(N)=O. The predicted octanol–water partition coefficient (Wildman–Crippen LogP) is 2.59. The third kappa shape index (κ3) is 6.07. The molecule has 19 heavy (non-hydrogen) atoms. The Balaban J connectivity index is 2.74. The lowest BCUT2D eigenvalue weighted by Gasteiger charge is -2.22. The molecule has 0 atom stereocenters. The van der Waals surface area contributed by atoms with Crippen LogP contribution < -0.4 is 15.8 Å². The molecule has 0 saturated heterocycles. The number of benzene rings is 1. The lowest BCUT2D eigenvalue weighted by molar-refractivity contribution is -0.118. The second-order valence-electron chi connectivity index (χ2n) is 5.40. The van der Waals surface area contributed by atoms with Gasteiger partial charge in [0.05, 0.1) is 17.5 Å². The molecule has 0 aromatic heterocycles. The van der Waals surface area contributed by atoms with E-state index in [4.69, 9.17) is 10.5 Å². The molecule has 1 aromatic carbocycles. The van der Waals surface area contributed by atoms with Gasteiger partial charge in [0.15, 0.2) is 0 Å². The lowest BCUT2D eigenvalue weighted by Crippen LogP contribution is -2.35. The van der Waals surface area contributed by atoms with Crippen molar-refractivity contribution >= 4 is 21.8 Å². The number of amides is 1. The standard InChI is InChI=1S/C14H21BrN2O2/c1-14(2,3)17-9-10-5-4-6-11(15)13(10)19-8-7-12(16)18/h4-6,17H,7-9H2,1-3H3,(H2,16,18). The van der Waals surface area contributed by atoms with E-state index in [9.17, 15) is 4.79 Å². The fourth-order valence-electron chi connectivity index (χ4n) is 1.47. The minimum absolute atomic E-state index is 0.0345. The van der Waals surface area contributed by atoms with Crippen LogP contribution in [0.15, 0.2) is 22.7 Å². The van der Waals surface area contributed by atoms with Gasteiger partial charge in [-0.05, 0) is 42.8 Å². The van der Waals surface area contributed by atoms with Crippen molar-refractivity contribution in [1.29, 1.82) is 0 Å². The first kappa shape index (κ1) is 16.0. The van der Waals surface area contributed by atoms with E-state index < -0.39 is 0 Å². The summed E-state index contributed by atoms with van der Waals surface area (Å²) in [5.74, 6) is 0.405. The van der Waals surface area contributed by atoms with Crippen molar-refractivity contribution in [3.05, 3.63) is 28.2 Å². The van der Waals surface area contributed by atoms with Crippen LogP contribution in [0.3, 0.4) is 0 Å². The Labute approximate surface area is 122 Å². The Bertz CT molecular complexity index is 442. The number of primary amides is 1. The summed E-state index contributed by atoms with van der Waals surface area (Å²) >= 11 is 3.47. The number of halogens is 1. The molecule has 0 bridgehead atoms. The first-order chi connectivity index (χ1) is 8.79. The second kappa shape index (κ2) is 6.91. The van der Waals surface area contributed by atoms with Gasteiger partial charge in [-0.1, -0.05) is 12.1 Å². The maximum Gasteiger partial charge on any atom is 0.220 e. The van der Waals surface area contributed by atoms with Crippen molar-refractivity contribution in [2.24, 2.45) is 5.73 Å². The van der Waals surface area contributed by atoms with Crippen molar-refractivity contribution in [3.8, 4) is 5.75 Å². The molecule has 0 heterocycles. The van der Waals surface area contributed by atoms with Gasteiger partial charge in [-0.2, -0.15) is 0 Å². The Hall–Kier alpha value is -1.07. The van der Waals surface area contributed by atoms with Gasteiger partial charge in [-0.15, -0.1) is 0 Å². The summed E-state index contributed by atoms with van der Waals surface area (Å²) in [6, 6.07) is 5.88. The van der Waals surface area contributed by atoms with E-state index in [1.807, 2.05) is 18.2 Å². The Morgan fingerprint density at radius 2 is 2.11 bits per heavy atom. The number of para-hydroxylation sites is 1. The number of nitrogens with one attached hydrogen (secondary N) is 1. The highest BCUT2D eigenvalue weighted by Crippen LogP contribution is 2.29. The molecule has 3 N–H and O–H groups in total. The summed E-state index contributed by atoms with van der Waals surface area (Å²) < 4.78 is 6.54. The number of nitrogens with two attached hydrogens (primary N) is 1. The molecular weight excluding hydrogens is 308 g/mol. The highest BCUT2D eigenvalue weighted by molar-refractivity contribution is 9.10. The summed E-state index contributed by atoms with van der Waals surface area (Å²) in [5.41, 5.74) is 6.19. The Morgan fingerprint density at radius 3 is 2.68 bits per heavy atom. The molecular formula is C14H21BrN2O2. The van der Waals surface area contributed by atoms with Gasteiger partial charge in [0.1, 0.15) is 5.75 Å². The highest BCUT2D eigenvalue weighted by atomic mass is 79.9. The maximum absolute atomic E-state index is 10.7. The molecule has 0 fully saturated rings. The average Bonchev–Trinajstić information content (AvgIpc) is 2.27. The minimum Gasteiger partial charge on any atom is -0.492 e. The predicted molar refractivity (Wildman–Crippen MR) is 80.0 cm³/mol. The summed E-state index contributed by atoms with van der Waals surface area (Å²) in [7, 11) is 0. The maximum atomic E-state index is 10.7. The molecule has 1 aromatic rings. The first-order valence-electron chi connectivity index (χ1n) is 6.23. The Kier molecular flexibility index (Phi) is 5.82. The van der Waals surface area contributed by atoms with Crippen LogP contribution in [0.25, 0.3) is 0 Å². The van der Waals surface area contributed by atoms with Crippen LogP contribution in [-0.2, 0) is 11.3 Å². The van der Waals surface area contributed by atoms with E-state index in [0.717, 1.165) is 15.8 Å². The van der Waals surface area contributed by atoms with Crippen LogP contribution in [0.4, 0.5) is 0 Å². The molecule has 0 unspecified atom stereocenters. The molecule has 0 aliphatic carbocycles. The molecule has 1 rings (SSSR count). The normalized spacial score (nSPS) is 11.4. The zero-order valence-electron chi connectivity index (χ0n) is 11.6. The molecule has 0 aliphatic heterocycles. The van der Waals surface area contributed by atoms with Crippen LogP contribution >= 0.6 is 15.9 Å². The molecule has 0 aliphatic rings. The number of rotatable bonds is 6. The van der Waals surface area contributed by atoms with Gasteiger partial charge in [-0.25, -0.2) is 0 Å². The first-order valence-corrected chi connectivity index (χ1v) is 7.02. The average molecular weight is 329 g/mol. The van der Waals surface area contributed by atoms with Crippen LogP contribution in [-0.4, -0.2) is 18.1 Å². The molecule has 0 spiro atoms. The molecule has 1 amide bonds. The summed E-state index contributed by atoms with van der Waals surface area (Å²) in [4.78, 5) is 10.7. The molecule has 106 valence electrons. The van der Waals surface area contributed by atoms with E-state index in [1.54, 1.807) is 0 Å². The van der Waals surface area contributed by atoms with Crippen molar-refractivity contribution in [3.63, 3.8) is 0 Å². The van der Waals surface area contributed by atoms with Crippen molar-refractivity contribution in [2.45, 2.75) is 39.3 Å². The molecule has 5 heteroatoms. The van der Waals surface area contributed by atoms with Crippen LogP contribution in [0.5, 0.6) is 5.75 Å². The molecule has 0 saturated carbocycles.